The second-order valence-electron chi connectivity index (χ2n) is 4.91. The van der Waals surface area contributed by atoms with Crippen LogP contribution in [0.3, 0.4) is 0 Å². The number of rotatable bonds is 7. The van der Waals surface area contributed by atoms with Gasteiger partial charge in [0.15, 0.2) is 0 Å². The molecule has 0 aromatic heterocycles. The molecule has 0 radical (unpaired) electrons. The summed E-state index contributed by atoms with van der Waals surface area (Å²) in [5, 5.41) is 10.5. The second-order valence-corrected chi connectivity index (χ2v) is 6.22. The molecule has 1 aromatic carbocycles. The zero-order valence-corrected chi connectivity index (χ0v) is 12.6. The molecule has 102 valence electrons. The molecule has 1 unspecified atom stereocenters. The number of hydrogen-bond donors (Lipinski definition) is 1. The Morgan fingerprint density at radius 2 is 2.06 bits per heavy atom. The van der Waals surface area contributed by atoms with Crippen LogP contribution in [-0.4, -0.2) is 18.0 Å². The molecule has 0 spiro atoms. The van der Waals surface area contributed by atoms with Crippen LogP contribution in [0, 0.1) is 5.92 Å². The molecule has 1 rings (SSSR count). The lowest BCUT2D eigenvalue weighted by Gasteiger charge is -2.20. The number of phenolic OH excluding ortho intramolecular Hbond substituents is 1. The summed E-state index contributed by atoms with van der Waals surface area (Å²) >= 11 is 1.93. The van der Waals surface area contributed by atoms with Gasteiger partial charge in [0.2, 0.25) is 0 Å². The van der Waals surface area contributed by atoms with Gasteiger partial charge in [0.05, 0.1) is 7.11 Å². The van der Waals surface area contributed by atoms with Crippen LogP contribution in [0.5, 0.6) is 11.5 Å². The van der Waals surface area contributed by atoms with Crippen molar-refractivity contribution in [3.63, 3.8) is 0 Å². The molecule has 0 aliphatic rings. The highest BCUT2D eigenvalue weighted by atomic mass is 32.2. The molecule has 0 aliphatic carbocycles. The Bertz CT molecular complexity index is 364. The summed E-state index contributed by atoms with van der Waals surface area (Å²) in [6, 6.07) is 5.62. The van der Waals surface area contributed by atoms with Crippen molar-refractivity contribution >= 4 is 11.8 Å². The van der Waals surface area contributed by atoms with Gasteiger partial charge in [-0.3, -0.25) is 0 Å². The van der Waals surface area contributed by atoms with E-state index in [0.29, 0.717) is 22.7 Å². The second kappa shape index (κ2) is 7.57. The molecule has 0 aliphatic heterocycles. The van der Waals surface area contributed by atoms with Gasteiger partial charge in [-0.1, -0.05) is 26.8 Å². The first-order valence-electron chi connectivity index (χ1n) is 6.57. The standard InChI is InChI=1S/C15H24O2S/c1-5-8-18-15(9-11(2)3)13-7-6-12(17-4)10-14(13)16/h6-7,10-11,15-16H,5,8-9H2,1-4H3. The molecule has 0 bridgehead atoms. The Morgan fingerprint density at radius 1 is 1.33 bits per heavy atom. The van der Waals surface area contributed by atoms with E-state index in [1.165, 1.54) is 0 Å². The fraction of sp³-hybridized carbons (Fsp3) is 0.600. The number of benzene rings is 1. The molecule has 18 heavy (non-hydrogen) atoms. The van der Waals surface area contributed by atoms with Gasteiger partial charge in [-0.25, -0.2) is 0 Å². The summed E-state index contributed by atoms with van der Waals surface area (Å²) in [6.07, 6.45) is 2.25. The summed E-state index contributed by atoms with van der Waals surface area (Å²) < 4.78 is 5.13. The van der Waals surface area contributed by atoms with Crippen LogP contribution in [0.1, 0.15) is 44.4 Å². The van der Waals surface area contributed by atoms with Crippen molar-refractivity contribution in [1.29, 1.82) is 0 Å². The van der Waals surface area contributed by atoms with Crippen molar-refractivity contribution in [3.05, 3.63) is 23.8 Å². The Labute approximate surface area is 115 Å². The summed E-state index contributed by atoms with van der Waals surface area (Å²) in [6.45, 7) is 6.63. The zero-order chi connectivity index (χ0) is 13.5. The third-order valence-electron chi connectivity index (χ3n) is 2.79. The van der Waals surface area contributed by atoms with Gasteiger partial charge in [-0.05, 0) is 30.6 Å². The molecular formula is C15H24O2S. The number of methoxy groups -OCH3 is 1. The minimum absolute atomic E-state index is 0.351. The molecule has 0 saturated heterocycles. The average Bonchev–Trinajstić information content (AvgIpc) is 2.34. The molecular weight excluding hydrogens is 244 g/mol. The lowest BCUT2D eigenvalue weighted by atomic mass is 10.0. The van der Waals surface area contributed by atoms with E-state index >= 15 is 0 Å². The van der Waals surface area contributed by atoms with E-state index in [9.17, 15) is 5.11 Å². The number of aromatic hydroxyl groups is 1. The number of ether oxygens (including phenoxy) is 1. The molecule has 0 amide bonds. The Balaban J connectivity index is 2.89. The van der Waals surface area contributed by atoms with Crippen LogP contribution in [0.4, 0.5) is 0 Å². The van der Waals surface area contributed by atoms with Crippen molar-refractivity contribution in [2.45, 2.75) is 38.9 Å². The number of hydrogen-bond acceptors (Lipinski definition) is 3. The van der Waals surface area contributed by atoms with Gasteiger partial charge in [0.25, 0.3) is 0 Å². The first-order chi connectivity index (χ1) is 8.58. The van der Waals surface area contributed by atoms with E-state index in [1.807, 2.05) is 23.9 Å². The monoisotopic (exact) mass is 268 g/mol. The summed E-state index contributed by atoms with van der Waals surface area (Å²) in [4.78, 5) is 0. The Kier molecular flexibility index (Phi) is 6.41. The SMILES string of the molecule is CCCSC(CC(C)C)c1ccc(OC)cc1O. The smallest absolute Gasteiger partial charge is 0.123 e. The maximum absolute atomic E-state index is 10.1. The third kappa shape index (κ3) is 4.45. The van der Waals surface area contributed by atoms with E-state index < -0.39 is 0 Å². The van der Waals surface area contributed by atoms with E-state index in [1.54, 1.807) is 13.2 Å². The van der Waals surface area contributed by atoms with Crippen LogP contribution < -0.4 is 4.74 Å². The molecule has 0 saturated carbocycles. The fourth-order valence-corrected chi connectivity index (χ4v) is 3.32. The average molecular weight is 268 g/mol. The van der Waals surface area contributed by atoms with Gasteiger partial charge < -0.3 is 9.84 Å². The highest BCUT2D eigenvalue weighted by Crippen LogP contribution is 2.40. The number of phenols is 1. The van der Waals surface area contributed by atoms with Gasteiger partial charge in [-0.15, -0.1) is 0 Å². The van der Waals surface area contributed by atoms with Gasteiger partial charge in [0.1, 0.15) is 11.5 Å². The Morgan fingerprint density at radius 3 is 2.56 bits per heavy atom. The predicted octanol–water partition coefficient (Wildman–Crippen LogP) is 4.63. The van der Waals surface area contributed by atoms with E-state index in [0.717, 1.165) is 24.2 Å². The third-order valence-corrected chi connectivity index (χ3v) is 4.29. The van der Waals surface area contributed by atoms with Crippen molar-refractivity contribution in [1.82, 2.24) is 0 Å². The minimum Gasteiger partial charge on any atom is -0.507 e. The summed E-state index contributed by atoms with van der Waals surface area (Å²) in [5.74, 6) is 2.81. The molecule has 1 N–H and O–H groups in total. The maximum Gasteiger partial charge on any atom is 0.123 e. The van der Waals surface area contributed by atoms with Crippen LogP contribution >= 0.6 is 11.8 Å². The lowest BCUT2D eigenvalue weighted by molar-refractivity contribution is 0.405. The van der Waals surface area contributed by atoms with Crippen molar-refractivity contribution in [2.24, 2.45) is 5.92 Å². The highest BCUT2D eigenvalue weighted by molar-refractivity contribution is 7.99. The van der Waals surface area contributed by atoms with Crippen LogP contribution in [0.15, 0.2) is 18.2 Å². The topological polar surface area (TPSA) is 29.5 Å². The predicted molar refractivity (Wildman–Crippen MR) is 79.6 cm³/mol. The molecule has 3 heteroatoms. The Hall–Kier alpha value is -0.830. The maximum atomic E-state index is 10.1. The van der Waals surface area contributed by atoms with Gasteiger partial charge in [-0.2, -0.15) is 11.8 Å². The van der Waals surface area contributed by atoms with E-state index in [2.05, 4.69) is 20.8 Å². The molecule has 1 aromatic rings. The number of thioether (sulfide) groups is 1. The van der Waals surface area contributed by atoms with Crippen LogP contribution in [0.2, 0.25) is 0 Å². The first kappa shape index (κ1) is 15.2. The van der Waals surface area contributed by atoms with Crippen LogP contribution in [0.25, 0.3) is 0 Å². The minimum atomic E-state index is 0.351. The molecule has 2 nitrogen and oxygen atoms in total. The van der Waals surface area contributed by atoms with Gasteiger partial charge in [0, 0.05) is 16.9 Å². The van der Waals surface area contributed by atoms with Crippen molar-refractivity contribution in [2.75, 3.05) is 12.9 Å². The van der Waals surface area contributed by atoms with Crippen LogP contribution in [-0.2, 0) is 0 Å². The molecule has 0 heterocycles. The van der Waals surface area contributed by atoms with Gasteiger partial charge >= 0.3 is 0 Å². The fourth-order valence-electron chi connectivity index (χ4n) is 1.90. The summed E-state index contributed by atoms with van der Waals surface area (Å²) in [5.41, 5.74) is 1.03. The quantitative estimate of drug-likeness (QED) is 0.781. The van der Waals surface area contributed by atoms with Crippen molar-refractivity contribution < 1.29 is 9.84 Å². The lowest BCUT2D eigenvalue weighted by Crippen LogP contribution is -2.01. The normalized spacial score (nSPS) is 12.7. The highest BCUT2D eigenvalue weighted by Gasteiger charge is 2.17. The molecule has 1 atom stereocenters. The van der Waals surface area contributed by atoms with Crippen molar-refractivity contribution in [3.8, 4) is 11.5 Å². The van der Waals surface area contributed by atoms with E-state index in [4.69, 9.17) is 4.74 Å². The largest absolute Gasteiger partial charge is 0.507 e. The summed E-state index contributed by atoms with van der Waals surface area (Å²) in [7, 11) is 1.62. The first-order valence-corrected chi connectivity index (χ1v) is 7.61. The van der Waals surface area contributed by atoms with E-state index in [-0.39, 0.29) is 0 Å². The molecule has 0 fully saturated rings. The zero-order valence-electron chi connectivity index (χ0n) is 11.8.